The van der Waals surface area contributed by atoms with E-state index in [2.05, 4.69) is 15.5 Å². The average molecular weight is 551 g/mol. The number of hydrogen-bond donors (Lipinski definition) is 2. The Kier molecular flexibility index (Phi) is 5.57. The van der Waals surface area contributed by atoms with E-state index < -0.39 is 17.6 Å². The molecule has 7 rings (SSSR count). The highest BCUT2D eigenvalue weighted by Gasteiger charge is 2.50. The zero-order valence-corrected chi connectivity index (χ0v) is 21.8. The van der Waals surface area contributed by atoms with E-state index in [0.717, 1.165) is 79.9 Å². The Morgan fingerprint density at radius 1 is 1.18 bits per heavy atom. The summed E-state index contributed by atoms with van der Waals surface area (Å²) in [4.78, 5) is 20.2. The number of carbonyl (C=O) groups is 1. The van der Waals surface area contributed by atoms with Gasteiger partial charge < -0.3 is 19.7 Å². The maximum atomic E-state index is 15.2. The molecule has 1 saturated carbocycles. The number of ether oxygens (including phenoxy) is 1. The first-order valence-corrected chi connectivity index (χ1v) is 13.7. The number of methoxy groups -OCH3 is 1. The van der Waals surface area contributed by atoms with Crippen molar-refractivity contribution in [2.45, 2.75) is 38.0 Å². The molecular weight excluding hydrogens is 526 g/mol. The summed E-state index contributed by atoms with van der Waals surface area (Å²) < 4.78 is 42.0. The van der Waals surface area contributed by atoms with Crippen LogP contribution in [0.15, 0.2) is 29.0 Å². The van der Waals surface area contributed by atoms with Crippen molar-refractivity contribution in [1.82, 2.24) is 20.4 Å². The Bertz CT molecular complexity index is 1680. The number of hydrogen-bond acceptors (Lipinski definition) is 8. The standard InChI is InChI=1S/C28H24F2N4O4S/c1-37-18-12-32-11-17(30)21(18)24-20(25(38-34-24)13-2-3-13)15-10-28(4-6-31-7-5-28)22(15)26-33-23-16(29)8-14(27(35)36)9-19(23)39-26/h8-9,11-13,31H,2-7,10H2,1H3,(H,35,36). The van der Waals surface area contributed by atoms with E-state index in [1.807, 2.05) is 0 Å². The summed E-state index contributed by atoms with van der Waals surface area (Å²) in [7, 11) is 1.46. The monoisotopic (exact) mass is 550 g/mol. The number of fused-ring (bicyclic) bond motifs is 1. The molecule has 8 nitrogen and oxygen atoms in total. The topological polar surface area (TPSA) is 110 Å². The number of halogens is 2. The third-order valence-electron chi connectivity index (χ3n) is 8.11. The number of piperidine rings is 1. The lowest BCUT2D eigenvalue weighted by molar-refractivity contribution is 0.0696. The number of nitrogens with zero attached hydrogens (tertiary/aromatic N) is 3. The van der Waals surface area contributed by atoms with Crippen molar-refractivity contribution < 1.29 is 27.9 Å². The number of rotatable bonds is 6. The van der Waals surface area contributed by atoms with Crippen molar-refractivity contribution in [3.05, 3.63) is 58.1 Å². The smallest absolute Gasteiger partial charge is 0.335 e. The van der Waals surface area contributed by atoms with Gasteiger partial charge in [-0.2, -0.15) is 0 Å². The Labute approximate surface area is 225 Å². The molecule has 39 heavy (non-hydrogen) atoms. The molecule has 2 N–H and O–H groups in total. The van der Waals surface area contributed by atoms with Crippen LogP contribution in [0.3, 0.4) is 0 Å². The summed E-state index contributed by atoms with van der Waals surface area (Å²) in [6.45, 7) is 1.66. The van der Waals surface area contributed by atoms with Crippen LogP contribution in [0.4, 0.5) is 8.78 Å². The minimum absolute atomic E-state index is 0.118. The van der Waals surface area contributed by atoms with Crippen molar-refractivity contribution in [3.8, 4) is 17.0 Å². The molecule has 11 heteroatoms. The predicted molar refractivity (Wildman–Crippen MR) is 141 cm³/mol. The van der Waals surface area contributed by atoms with Gasteiger partial charge in [0.2, 0.25) is 0 Å². The molecule has 200 valence electrons. The van der Waals surface area contributed by atoms with Crippen molar-refractivity contribution in [1.29, 1.82) is 0 Å². The molecule has 1 aromatic carbocycles. The van der Waals surface area contributed by atoms with Crippen LogP contribution in [-0.4, -0.2) is 46.4 Å². The number of aromatic nitrogens is 3. The zero-order valence-electron chi connectivity index (χ0n) is 21.0. The number of nitrogens with one attached hydrogen (secondary N) is 1. The molecule has 1 aliphatic heterocycles. The number of aromatic carboxylic acids is 1. The fourth-order valence-corrected chi connectivity index (χ4v) is 7.25. The van der Waals surface area contributed by atoms with Crippen LogP contribution in [0.2, 0.25) is 0 Å². The van der Waals surface area contributed by atoms with Gasteiger partial charge in [0.15, 0.2) is 11.6 Å². The number of allylic oxidation sites excluding steroid dienone is 2. The number of carboxylic acids is 1. The molecule has 2 aliphatic carbocycles. The van der Waals surface area contributed by atoms with Crippen molar-refractivity contribution in [3.63, 3.8) is 0 Å². The number of thiazole rings is 1. The van der Waals surface area contributed by atoms with Crippen molar-refractivity contribution in [2.75, 3.05) is 20.2 Å². The molecule has 0 amide bonds. The molecule has 3 aromatic heterocycles. The Balaban J connectivity index is 1.48. The molecule has 3 aliphatic rings. The molecule has 1 spiro atoms. The van der Waals surface area contributed by atoms with E-state index in [0.29, 0.717) is 15.4 Å². The van der Waals surface area contributed by atoms with Gasteiger partial charge in [0.25, 0.3) is 0 Å². The van der Waals surface area contributed by atoms with Crippen molar-refractivity contribution in [2.24, 2.45) is 5.41 Å². The van der Waals surface area contributed by atoms with Gasteiger partial charge in [-0.3, -0.25) is 4.98 Å². The van der Waals surface area contributed by atoms with Crippen LogP contribution < -0.4 is 10.1 Å². The second kappa shape index (κ2) is 8.92. The van der Waals surface area contributed by atoms with Crippen LogP contribution in [0.5, 0.6) is 5.75 Å². The Hall–Kier alpha value is -3.70. The number of benzene rings is 1. The lowest BCUT2D eigenvalue weighted by Crippen LogP contribution is -2.42. The van der Waals surface area contributed by atoms with Gasteiger partial charge in [-0.1, -0.05) is 5.16 Å². The lowest BCUT2D eigenvalue weighted by atomic mass is 9.57. The fourth-order valence-electron chi connectivity index (χ4n) is 6.04. The van der Waals surface area contributed by atoms with E-state index in [-0.39, 0.29) is 33.7 Å². The SMILES string of the molecule is COc1cncc(F)c1-c1noc(C2CC2)c1C1=C(c2nc3c(F)cc(C(=O)O)cc3s2)C2(CCNCC2)C1. The lowest BCUT2D eigenvalue weighted by Gasteiger charge is -2.48. The number of pyridine rings is 1. The normalized spacial score (nSPS) is 18.5. The summed E-state index contributed by atoms with van der Waals surface area (Å²) in [5.74, 6) is -1.25. The predicted octanol–water partition coefficient (Wildman–Crippen LogP) is 5.89. The first kappa shape index (κ1) is 24.3. The van der Waals surface area contributed by atoms with Gasteiger partial charge in [-0.15, -0.1) is 11.3 Å². The molecule has 0 atom stereocenters. The summed E-state index contributed by atoms with van der Waals surface area (Å²) >= 11 is 1.29. The van der Waals surface area contributed by atoms with Crippen LogP contribution in [0.25, 0.3) is 32.6 Å². The first-order valence-electron chi connectivity index (χ1n) is 12.9. The van der Waals surface area contributed by atoms with E-state index in [4.69, 9.17) is 14.2 Å². The zero-order chi connectivity index (χ0) is 26.9. The molecule has 1 saturated heterocycles. The van der Waals surface area contributed by atoms with E-state index >= 15 is 4.39 Å². The summed E-state index contributed by atoms with van der Waals surface area (Å²) in [6.07, 6.45) is 6.97. The van der Waals surface area contributed by atoms with E-state index in [1.54, 1.807) is 0 Å². The minimum Gasteiger partial charge on any atom is -0.494 e. The average Bonchev–Trinajstić information content (AvgIpc) is 3.54. The molecular formula is C28H24F2N4O4S. The minimum atomic E-state index is -1.19. The second-order valence-electron chi connectivity index (χ2n) is 10.4. The van der Waals surface area contributed by atoms with Crippen LogP contribution >= 0.6 is 11.3 Å². The number of carboxylic acid groups (broad SMARTS) is 1. The largest absolute Gasteiger partial charge is 0.494 e. The quantitative estimate of drug-likeness (QED) is 0.306. The van der Waals surface area contributed by atoms with Gasteiger partial charge >= 0.3 is 5.97 Å². The van der Waals surface area contributed by atoms with Crippen LogP contribution in [-0.2, 0) is 0 Å². The third kappa shape index (κ3) is 3.78. The highest BCUT2D eigenvalue weighted by atomic mass is 32.1. The highest BCUT2D eigenvalue weighted by Crippen LogP contribution is 2.63. The van der Waals surface area contributed by atoms with E-state index in [9.17, 15) is 14.3 Å². The molecule has 0 radical (unpaired) electrons. The molecule has 0 bridgehead atoms. The molecule has 4 aromatic rings. The Morgan fingerprint density at radius 3 is 2.69 bits per heavy atom. The van der Waals surface area contributed by atoms with Gasteiger partial charge in [-0.25, -0.2) is 18.6 Å². The summed E-state index contributed by atoms with van der Waals surface area (Å²) in [5.41, 5.74) is 3.11. The maximum Gasteiger partial charge on any atom is 0.335 e. The van der Waals surface area contributed by atoms with Gasteiger partial charge in [0.05, 0.1) is 35.3 Å². The van der Waals surface area contributed by atoms with Crippen molar-refractivity contribution >= 4 is 38.7 Å². The second-order valence-corrected chi connectivity index (χ2v) is 11.5. The van der Waals surface area contributed by atoms with Crippen LogP contribution in [0.1, 0.15) is 64.7 Å². The van der Waals surface area contributed by atoms with Gasteiger partial charge in [-0.05, 0) is 68.5 Å². The molecule has 0 unspecified atom stereocenters. The van der Waals surface area contributed by atoms with Gasteiger partial charge in [0, 0.05) is 16.9 Å². The van der Waals surface area contributed by atoms with Gasteiger partial charge in [0.1, 0.15) is 27.7 Å². The fraction of sp³-hybridized carbons (Fsp3) is 0.357. The third-order valence-corrected chi connectivity index (χ3v) is 9.13. The first-order chi connectivity index (χ1) is 18.9. The van der Waals surface area contributed by atoms with Crippen LogP contribution in [0, 0.1) is 17.0 Å². The summed E-state index contributed by atoms with van der Waals surface area (Å²) in [5, 5.41) is 17.9. The highest BCUT2D eigenvalue weighted by molar-refractivity contribution is 7.19. The van der Waals surface area contributed by atoms with E-state index in [1.165, 1.54) is 30.7 Å². The molecule has 4 heterocycles. The Morgan fingerprint density at radius 2 is 1.97 bits per heavy atom. The molecule has 2 fully saturated rings. The maximum absolute atomic E-state index is 15.2. The summed E-state index contributed by atoms with van der Waals surface area (Å²) in [6, 6.07) is 2.47.